The molecule has 0 radical (unpaired) electrons. The quantitative estimate of drug-likeness (QED) is 0.432. The van der Waals surface area contributed by atoms with Crippen LogP contribution in [0.1, 0.15) is 22.8 Å². The van der Waals surface area contributed by atoms with Gasteiger partial charge in [-0.05, 0) is 66.6 Å². The van der Waals surface area contributed by atoms with Crippen LogP contribution in [0, 0.1) is 0 Å². The monoisotopic (exact) mass is 485 g/mol. The second-order valence-electron chi connectivity index (χ2n) is 7.16. The number of nitrogens with zero attached hydrogens (tertiary/aromatic N) is 2. The molecule has 1 heterocycles. The summed E-state index contributed by atoms with van der Waals surface area (Å²) >= 11 is 7.27. The molecule has 3 aromatic carbocycles. The minimum atomic E-state index is -3.81. The number of halogens is 1. The Labute approximate surface area is 194 Å². The molecule has 0 saturated carbocycles. The van der Waals surface area contributed by atoms with E-state index in [1.54, 1.807) is 18.2 Å². The standard InChI is InChI=1S/C23H20ClN3O3S2/c1-3-15-7-12-20-21(13-15)31-23(27(20)2)25-22(28)16-5-4-6-18(14-16)26-32(29,30)19-10-8-17(24)9-11-19/h4-14,26H,3H2,1-2H3. The molecule has 1 aromatic heterocycles. The Bertz CT molecular complexity index is 1490. The van der Waals surface area contributed by atoms with E-state index in [1.165, 1.54) is 47.2 Å². The van der Waals surface area contributed by atoms with Gasteiger partial charge in [0.15, 0.2) is 4.80 Å². The summed E-state index contributed by atoms with van der Waals surface area (Å²) in [5.41, 5.74) is 2.78. The Morgan fingerprint density at radius 2 is 1.84 bits per heavy atom. The summed E-state index contributed by atoms with van der Waals surface area (Å²) in [6.07, 6.45) is 0.932. The van der Waals surface area contributed by atoms with Crippen molar-refractivity contribution < 1.29 is 13.2 Å². The van der Waals surface area contributed by atoms with Crippen molar-refractivity contribution in [3.8, 4) is 0 Å². The predicted molar refractivity (Wildman–Crippen MR) is 129 cm³/mol. The van der Waals surface area contributed by atoms with Crippen LogP contribution in [0.4, 0.5) is 5.69 Å². The molecule has 0 bridgehead atoms. The number of carbonyl (C=O) groups is 1. The first-order chi connectivity index (χ1) is 15.3. The van der Waals surface area contributed by atoms with Crippen molar-refractivity contribution in [3.63, 3.8) is 0 Å². The molecule has 0 fully saturated rings. The van der Waals surface area contributed by atoms with E-state index < -0.39 is 15.9 Å². The van der Waals surface area contributed by atoms with Crippen LogP contribution < -0.4 is 9.52 Å². The van der Waals surface area contributed by atoms with Crippen molar-refractivity contribution in [2.24, 2.45) is 12.0 Å². The molecule has 1 N–H and O–H groups in total. The summed E-state index contributed by atoms with van der Waals surface area (Å²) in [5, 5.41) is 0.443. The van der Waals surface area contributed by atoms with Gasteiger partial charge in [0.25, 0.3) is 15.9 Å². The van der Waals surface area contributed by atoms with Crippen LogP contribution in [-0.2, 0) is 23.5 Å². The summed E-state index contributed by atoms with van der Waals surface area (Å²) in [7, 11) is -1.95. The van der Waals surface area contributed by atoms with Crippen molar-refractivity contribution in [1.29, 1.82) is 0 Å². The third-order valence-corrected chi connectivity index (χ3v) is 7.71. The van der Waals surface area contributed by atoms with Crippen LogP contribution in [0.5, 0.6) is 0 Å². The van der Waals surface area contributed by atoms with E-state index in [-0.39, 0.29) is 16.1 Å². The smallest absolute Gasteiger partial charge is 0.279 e. The van der Waals surface area contributed by atoms with Gasteiger partial charge in [0.2, 0.25) is 0 Å². The zero-order valence-electron chi connectivity index (χ0n) is 17.4. The first-order valence-corrected chi connectivity index (χ1v) is 12.5. The Kier molecular flexibility index (Phi) is 6.19. The molecule has 164 valence electrons. The number of hydrogen-bond donors (Lipinski definition) is 1. The molecule has 4 rings (SSSR count). The highest BCUT2D eigenvalue weighted by Gasteiger charge is 2.15. The normalized spacial score (nSPS) is 12.3. The summed E-state index contributed by atoms with van der Waals surface area (Å²) in [5.74, 6) is -0.449. The second-order valence-corrected chi connectivity index (χ2v) is 10.3. The van der Waals surface area contributed by atoms with Gasteiger partial charge in [-0.1, -0.05) is 42.0 Å². The van der Waals surface area contributed by atoms with Gasteiger partial charge in [-0.2, -0.15) is 4.99 Å². The van der Waals surface area contributed by atoms with E-state index in [1.807, 2.05) is 17.7 Å². The highest BCUT2D eigenvalue weighted by atomic mass is 35.5. The van der Waals surface area contributed by atoms with Gasteiger partial charge in [0.05, 0.1) is 15.1 Å². The maximum Gasteiger partial charge on any atom is 0.279 e. The van der Waals surface area contributed by atoms with Crippen LogP contribution in [0.25, 0.3) is 10.2 Å². The lowest BCUT2D eigenvalue weighted by atomic mass is 10.2. The number of fused-ring (bicyclic) bond motifs is 1. The van der Waals surface area contributed by atoms with E-state index in [0.29, 0.717) is 9.82 Å². The Balaban J connectivity index is 1.63. The number of hydrogen-bond acceptors (Lipinski definition) is 4. The number of aryl methyl sites for hydroxylation is 2. The number of benzene rings is 3. The van der Waals surface area contributed by atoms with E-state index in [0.717, 1.165) is 16.6 Å². The molecule has 0 atom stereocenters. The minimum Gasteiger partial charge on any atom is -0.319 e. The van der Waals surface area contributed by atoms with E-state index in [2.05, 4.69) is 28.8 Å². The molecular weight excluding hydrogens is 466 g/mol. The van der Waals surface area contributed by atoms with Crippen molar-refractivity contribution >= 4 is 54.8 Å². The fraction of sp³-hybridized carbons (Fsp3) is 0.130. The van der Waals surface area contributed by atoms with Gasteiger partial charge >= 0.3 is 0 Å². The molecule has 0 saturated heterocycles. The summed E-state index contributed by atoms with van der Waals surface area (Å²) in [4.78, 5) is 17.8. The molecule has 0 aliphatic rings. The van der Waals surface area contributed by atoms with Crippen LogP contribution in [-0.4, -0.2) is 18.9 Å². The number of anilines is 1. The molecule has 0 aliphatic carbocycles. The first-order valence-electron chi connectivity index (χ1n) is 9.83. The molecule has 1 amide bonds. The Morgan fingerprint density at radius 3 is 2.56 bits per heavy atom. The maximum atomic E-state index is 12.8. The van der Waals surface area contributed by atoms with Crippen LogP contribution in [0.2, 0.25) is 5.02 Å². The molecule has 4 aromatic rings. The average Bonchev–Trinajstić information content (AvgIpc) is 3.08. The van der Waals surface area contributed by atoms with Crippen LogP contribution in [0.3, 0.4) is 0 Å². The fourth-order valence-corrected chi connectivity index (χ4v) is 5.46. The number of carbonyl (C=O) groups excluding carboxylic acids is 1. The summed E-state index contributed by atoms with van der Waals surface area (Å²) in [6, 6.07) is 18.3. The van der Waals surface area contributed by atoms with Crippen molar-refractivity contribution in [2.45, 2.75) is 18.2 Å². The number of nitrogens with one attached hydrogen (secondary N) is 1. The Hall–Kier alpha value is -2.94. The van der Waals surface area contributed by atoms with E-state index in [9.17, 15) is 13.2 Å². The number of sulfonamides is 1. The van der Waals surface area contributed by atoms with Gasteiger partial charge < -0.3 is 4.57 Å². The van der Waals surface area contributed by atoms with Crippen molar-refractivity contribution in [2.75, 3.05) is 4.72 Å². The number of thiazole rings is 1. The lowest BCUT2D eigenvalue weighted by Gasteiger charge is -2.09. The average molecular weight is 486 g/mol. The third kappa shape index (κ3) is 4.62. The van der Waals surface area contributed by atoms with E-state index in [4.69, 9.17) is 11.6 Å². The lowest BCUT2D eigenvalue weighted by Crippen LogP contribution is -2.14. The molecule has 0 unspecified atom stereocenters. The SMILES string of the molecule is CCc1ccc2c(c1)sc(=NC(=O)c1cccc(NS(=O)(=O)c3ccc(Cl)cc3)c1)n2C. The molecule has 0 aliphatic heterocycles. The molecule has 6 nitrogen and oxygen atoms in total. The summed E-state index contributed by atoms with van der Waals surface area (Å²) in [6.45, 7) is 2.09. The molecule has 0 spiro atoms. The molecular formula is C23H20ClN3O3S2. The highest BCUT2D eigenvalue weighted by molar-refractivity contribution is 7.92. The van der Waals surface area contributed by atoms with Gasteiger partial charge in [-0.15, -0.1) is 0 Å². The number of amides is 1. The predicted octanol–water partition coefficient (Wildman–Crippen LogP) is 5.00. The summed E-state index contributed by atoms with van der Waals surface area (Å²) < 4.78 is 30.7. The van der Waals surface area contributed by atoms with Gasteiger partial charge in [0.1, 0.15) is 0 Å². The number of aromatic nitrogens is 1. The maximum absolute atomic E-state index is 12.8. The van der Waals surface area contributed by atoms with E-state index >= 15 is 0 Å². The lowest BCUT2D eigenvalue weighted by molar-refractivity contribution is 0.0998. The second kappa shape index (κ2) is 8.90. The van der Waals surface area contributed by atoms with Crippen LogP contribution in [0.15, 0.2) is 76.6 Å². The molecule has 9 heteroatoms. The topological polar surface area (TPSA) is 80.5 Å². The molecule has 32 heavy (non-hydrogen) atoms. The van der Waals surface area contributed by atoms with Crippen LogP contribution >= 0.6 is 22.9 Å². The van der Waals surface area contributed by atoms with Gasteiger partial charge in [-0.3, -0.25) is 9.52 Å². The Morgan fingerprint density at radius 1 is 1.09 bits per heavy atom. The van der Waals surface area contributed by atoms with Gasteiger partial charge in [0, 0.05) is 23.3 Å². The minimum absolute atomic E-state index is 0.0760. The highest BCUT2D eigenvalue weighted by Crippen LogP contribution is 2.21. The number of rotatable bonds is 5. The van der Waals surface area contributed by atoms with Crippen molar-refractivity contribution in [3.05, 3.63) is 87.7 Å². The fourth-order valence-electron chi connectivity index (χ4n) is 3.20. The third-order valence-electron chi connectivity index (χ3n) is 4.96. The zero-order chi connectivity index (χ0) is 22.9. The first kappa shape index (κ1) is 22.3. The largest absolute Gasteiger partial charge is 0.319 e. The zero-order valence-corrected chi connectivity index (χ0v) is 19.8. The van der Waals surface area contributed by atoms with Crippen molar-refractivity contribution in [1.82, 2.24) is 4.57 Å². The van der Waals surface area contributed by atoms with Gasteiger partial charge in [-0.25, -0.2) is 8.42 Å².